The molecule has 0 radical (unpaired) electrons. The molecule has 0 spiro atoms. The average molecular weight is 368 g/mol. The lowest BCUT2D eigenvalue weighted by Gasteiger charge is -2.28. The monoisotopic (exact) mass is 368 g/mol. The molecule has 2 unspecified atom stereocenters. The number of ether oxygens (including phenoxy) is 2. The van der Waals surface area contributed by atoms with E-state index in [4.69, 9.17) is 9.47 Å². The largest absolute Gasteiger partial charge is 0.504 e. The van der Waals surface area contributed by atoms with Crippen molar-refractivity contribution < 1.29 is 19.4 Å². The highest BCUT2D eigenvalue weighted by molar-refractivity contribution is 5.84. The molecule has 0 bridgehead atoms. The predicted octanol–water partition coefficient (Wildman–Crippen LogP) is 4.49. The lowest BCUT2D eigenvalue weighted by molar-refractivity contribution is -0.129. The maximum absolute atomic E-state index is 13.1. The van der Waals surface area contributed by atoms with Crippen LogP contribution < -0.4 is 9.47 Å². The molecule has 0 amide bonds. The summed E-state index contributed by atoms with van der Waals surface area (Å²) in [5, 5.41) is 9.76. The minimum atomic E-state index is 0.0327. The Kier molecular flexibility index (Phi) is 6.04. The second-order valence-corrected chi connectivity index (χ2v) is 7.45. The molecule has 0 saturated heterocycles. The Balaban J connectivity index is 1.70. The summed E-state index contributed by atoms with van der Waals surface area (Å²) in [4.78, 5) is 13.1. The number of ketones is 1. The van der Waals surface area contributed by atoms with Crippen LogP contribution >= 0.6 is 0 Å². The summed E-state index contributed by atoms with van der Waals surface area (Å²) in [6.07, 6.45) is 4.41. The van der Waals surface area contributed by atoms with Crippen LogP contribution in [0.2, 0.25) is 0 Å². The smallest absolute Gasteiger partial charge is 0.160 e. The zero-order valence-corrected chi connectivity index (χ0v) is 16.3. The molecule has 2 aromatic carbocycles. The zero-order chi connectivity index (χ0) is 19.4. The summed E-state index contributed by atoms with van der Waals surface area (Å²) in [6, 6.07) is 11.5. The Bertz CT molecular complexity index is 747. The normalized spacial score (nSPS) is 19.7. The van der Waals surface area contributed by atoms with Crippen LogP contribution in [-0.4, -0.2) is 25.1 Å². The number of benzene rings is 2. The van der Waals surface area contributed by atoms with E-state index in [0.717, 1.165) is 48.1 Å². The summed E-state index contributed by atoms with van der Waals surface area (Å²) in [7, 11) is 3.22. The van der Waals surface area contributed by atoms with E-state index >= 15 is 0 Å². The molecular weight excluding hydrogens is 340 g/mol. The van der Waals surface area contributed by atoms with Crippen LogP contribution in [0.1, 0.15) is 36.0 Å². The Morgan fingerprint density at radius 3 is 2.07 bits per heavy atom. The van der Waals surface area contributed by atoms with Crippen LogP contribution in [0.25, 0.3) is 0 Å². The van der Waals surface area contributed by atoms with Gasteiger partial charge in [0.2, 0.25) is 0 Å². The molecule has 1 fully saturated rings. The average Bonchev–Trinajstić information content (AvgIpc) is 2.67. The molecule has 1 N–H and O–H groups in total. The Morgan fingerprint density at radius 1 is 0.926 bits per heavy atom. The third-order valence-corrected chi connectivity index (χ3v) is 5.59. The summed E-state index contributed by atoms with van der Waals surface area (Å²) < 4.78 is 10.6. The topological polar surface area (TPSA) is 55.8 Å². The number of carbonyl (C=O) groups excluding carboxylic acids is 1. The molecule has 3 rings (SSSR count). The highest BCUT2D eigenvalue weighted by Gasteiger charge is 2.31. The molecule has 1 aliphatic carbocycles. The minimum absolute atomic E-state index is 0.0327. The van der Waals surface area contributed by atoms with E-state index in [1.54, 1.807) is 13.2 Å². The summed E-state index contributed by atoms with van der Waals surface area (Å²) >= 11 is 0. The number of hydrogen-bond acceptors (Lipinski definition) is 4. The third-order valence-electron chi connectivity index (χ3n) is 5.59. The molecule has 2 atom stereocenters. The number of methoxy groups -OCH3 is 2. The molecule has 1 aliphatic rings. The Hall–Kier alpha value is -2.49. The van der Waals surface area contributed by atoms with Crippen molar-refractivity contribution in [1.82, 2.24) is 0 Å². The Labute approximate surface area is 161 Å². The number of aromatic hydroxyl groups is 1. The molecular formula is C23H28O4. The maximum Gasteiger partial charge on any atom is 0.160 e. The molecule has 0 heterocycles. The second-order valence-electron chi connectivity index (χ2n) is 7.45. The lowest BCUT2D eigenvalue weighted by atomic mass is 9.75. The Morgan fingerprint density at radius 2 is 1.48 bits per heavy atom. The van der Waals surface area contributed by atoms with Gasteiger partial charge in [0.1, 0.15) is 11.5 Å². The molecule has 4 nitrogen and oxygen atoms in total. The molecule has 0 aliphatic heterocycles. The number of carbonyl (C=O) groups is 1. The van der Waals surface area contributed by atoms with Gasteiger partial charge in [-0.1, -0.05) is 24.6 Å². The van der Waals surface area contributed by atoms with Crippen molar-refractivity contribution in [3.63, 3.8) is 0 Å². The molecule has 4 heteroatoms. The van der Waals surface area contributed by atoms with Crippen molar-refractivity contribution >= 4 is 5.78 Å². The summed E-state index contributed by atoms with van der Waals surface area (Å²) in [5.41, 5.74) is 3.29. The first-order valence-electron chi connectivity index (χ1n) is 9.55. The van der Waals surface area contributed by atoms with Crippen LogP contribution in [0.15, 0.2) is 36.4 Å². The highest BCUT2D eigenvalue weighted by atomic mass is 16.5. The fourth-order valence-electron chi connectivity index (χ4n) is 4.04. The third kappa shape index (κ3) is 4.44. The van der Waals surface area contributed by atoms with Gasteiger partial charge in [0.25, 0.3) is 0 Å². The van der Waals surface area contributed by atoms with Crippen LogP contribution in [0, 0.1) is 18.8 Å². The van der Waals surface area contributed by atoms with Gasteiger partial charge >= 0.3 is 0 Å². The summed E-state index contributed by atoms with van der Waals surface area (Å²) in [6.45, 7) is 2.02. The number of hydrogen-bond donors (Lipinski definition) is 1. The molecule has 27 heavy (non-hydrogen) atoms. The lowest BCUT2D eigenvalue weighted by Crippen LogP contribution is -2.31. The molecule has 2 aromatic rings. The summed E-state index contributed by atoms with van der Waals surface area (Å²) in [5.74, 6) is 1.92. The number of phenols is 1. The van der Waals surface area contributed by atoms with Crippen molar-refractivity contribution in [1.29, 1.82) is 0 Å². The quantitative estimate of drug-likeness (QED) is 0.816. The van der Waals surface area contributed by atoms with E-state index in [1.165, 1.54) is 7.11 Å². The van der Waals surface area contributed by atoms with Gasteiger partial charge in [-0.15, -0.1) is 0 Å². The highest BCUT2D eigenvalue weighted by Crippen LogP contribution is 2.33. The van der Waals surface area contributed by atoms with Gasteiger partial charge in [-0.2, -0.15) is 0 Å². The van der Waals surface area contributed by atoms with Gasteiger partial charge in [-0.05, 0) is 67.5 Å². The maximum atomic E-state index is 13.1. The van der Waals surface area contributed by atoms with E-state index in [2.05, 4.69) is 18.2 Å². The van der Waals surface area contributed by atoms with Gasteiger partial charge in [-0.25, -0.2) is 0 Å². The number of phenolic OH excluding ortho intramolecular Hbond substituents is 1. The van der Waals surface area contributed by atoms with E-state index in [-0.39, 0.29) is 17.6 Å². The van der Waals surface area contributed by atoms with Crippen molar-refractivity contribution in [2.24, 2.45) is 11.8 Å². The van der Waals surface area contributed by atoms with Gasteiger partial charge in [0, 0.05) is 11.8 Å². The fourth-order valence-corrected chi connectivity index (χ4v) is 4.04. The van der Waals surface area contributed by atoms with Gasteiger partial charge in [-0.3, -0.25) is 4.79 Å². The van der Waals surface area contributed by atoms with E-state index in [0.29, 0.717) is 18.0 Å². The van der Waals surface area contributed by atoms with Gasteiger partial charge in [0.05, 0.1) is 14.2 Å². The molecule has 144 valence electrons. The first kappa shape index (κ1) is 19.3. The standard InChI is InChI=1S/C23H28O4/c1-15-7-8-16(13-21(15)26-2)11-18-5-4-6-19(23(18)25)12-17-9-10-20(24)22(14-17)27-3/h7-10,13-14,18-19,24H,4-6,11-12H2,1-3H3. The van der Waals surface area contributed by atoms with Crippen molar-refractivity contribution in [3.05, 3.63) is 53.1 Å². The van der Waals surface area contributed by atoms with E-state index in [1.807, 2.05) is 19.1 Å². The van der Waals surface area contributed by atoms with Gasteiger partial charge in [0.15, 0.2) is 11.5 Å². The van der Waals surface area contributed by atoms with Gasteiger partial charge < -0.3 is 14.6 Å². The van der Waals surface area contributed by atoms with E-state index in [9.17, 15) is 9.90 Å². The SMILES string of the molecule is COc1cc(CC2CCCC(Cc3ccc(O)c(OC)c3)C2=O)ccc1C. The van der Waals surface area contributed by atoms with Crippen LogP contribution in [0.5, 0.6) is 17.2 Å². The fraction of sp³-hybridized carbons (Fsp3) is 0.435. The van der Waals surface area contributed by atoms with Crippen LogP contribution in [-0.2, 0) is 17.6 Å². The van der Waals surface area contributed by atoms with Crippen molar-refractivity contribution in [2.75, 3.05) is 14.2 Å². The zero-order valence-electron chi connectivity index (χ0n) is 16.3. The molecule has 0 aromatic heterocycles. The van der Waals surface area contributed by atoms with E-state index < -0.39 is 0 Å². The van der Waals surface area contributed by atoms with Crippen LogP contribution in [0.4, 0.5) is 0 Å². The number of Topliss-reactive ketones (excluding diaryl/α,β-unsaturated/α-hetero) is 1. The van der Waals surface area contributed by atoms with Crippen molar-refractivity contribution in [3.8, 4) is 17.2 Å². The predicted molar refractivity (Wildman–Crippen MR) is 106 cm³/mol. The second kappa shape index (κ2) is 8.47. The molecule has 1 saturated carbocycles. The first-order valence-corrected chi connectivity index (χ1v) is 9.55. The number of aryl methyl sites for hydroxylation is 1. The first-order chi connectivity index (χ1) is 13.0. The van der Waals surface area contributed by atoms with Crippen LogP contribution in [0.3, 0.4) is 0 Å². The van der Waals surface area contributed by atoms with Crippen molar-refractivity contribution in [2.45, 2.75) is 39.0 Å². The minimum Gasteiger partial charge on any atom is -0.504 e. The number of rotatable bonds is 6.